The van der Waals surface area contributed by atoms with E-state index in [0.717, 1.165) is 50.3 Å². The second-order valence-electron chi connectivity index (χ2n) is 7.57. The van der Waals surface area contributed by atoms with E-state index in [-0.39, 0.29) is 0 Å². The summed E-state index contributed by atoms with van der Waals surface area (Å²) in [4.78, 5) is 7.01. The molecule has 4 heteroatoms. The average Bonchev–Trinajstić information content (AvgIpc) is 3.01. The smallest absolute Gasteiger partial charge is 0.119 e. The van der Waals surface area contributed by atoms with E-state index >= 15 is 0 Å². The predicted octanol–water partition coefficient (Wildman–Crippen LogP) is 4.93. The number of thiazole rings is 1. The van der Waals surface area contributed by atoms with Crippen LogP contribution in [0.5, 0.6) is 5.75 Å². The molecule has 2 heterocycles. The predicted molar refractivity (Wildman–Crippen MR) is 109 cm³/mol. The summed E-state index contributed by atoms with van der Waals surface area (Å²) < 4.78 is 7.18. The summed E-state index contributed by atoms with van der Waals surface area (Å²) in [5, 5.41) is 0. The summed E-state index contributed by atoms with van der Waals surface area (Å²) in [7, 11) is 0. The first-order valence-electron chi connectivity index (χ1n) is 9.46. The Balaban J connectivity index is 1.42. The fourth-order valence-electron chi connectivity index (χ4n) is 3.52. The molecule has 0 radical (unpaired) electrons. The largest absolute Gasteiger partial charge is 0.493 e. The Morgan fingerprint density at radius 1 is 1.08 bits per heavy atom. The Morgan fingerprint density at radius 2 is 1.92 bits per heavy atom. The number of aromatic nitrogens is 1. The molecular weight excluding hydrogens is 340 g/mol. The van der Waals surface area contributed by atoms with Gasteiger partial charge in [-0.2, -0.15) is 0 Å². The first-order valence-corrected chi connectivity index (χ1v) is 10.3. The molecule has 0 saturated carbocycles. The lowest BCUT2D eigenvalue weighted by Crippen LogP contribution is -2.25. The molecule has 0 unspecified atom stereocenters. The minimum absolute atomic E-state index is 0.555. The van der Waals surface area contributed by atoms with Crippen molar-refractivity contribution in [2.45, 2.75) is 33.2 Å². The van der Waals surface area contributed by atoms with Crippen molar-refractivity contribution in [1.82, 2.24) is 9.88 Å². The van der Waals surface area contributed by atoms with Gasteiger partial charge in [-0.15, -0.1) is 11.3 Å². The van der Waals surface area contributed by atoms with Crippen molar-refractivity contribution in [3.63, 3.8) is 0 Å². The summed E-state index contributed by atoms with van der Waals surface area (Å²) in [6, 6.07) is 13.3. The molecule has 1 aliphatic rings. The van der Waals surface area contributed by atoms with Crippen LogP contribution in [-0.4, -0.2) is 29.6 Å². The van der Waals surface area contributed by atoms with Crippen LogP contribution in [-0.2, 0) is 19.4 Å². The summed E-state index contributed by atoms with van der Waals surface area (Å²) in [5.74, 6) is 1.57. The lowest BCUT2D eigenvalue weighted by atomic mass is 10.0. The number of hydrogen-bond donors (Lipinski definition) is 0. The van der Waals surface area contributed by atoms with Crippen molar-refractivity contribution in [2.75, 3.05) is 19.7 Å². The second kappa shape index (κ2) is 7.77. The van der Waals surface area contributed by atoms with Crippen molar-refractivity contribution in [1.29, 1.82) is 0 Å². The van der Waals surface area contributed by atoms with E-state index in [1.165, 1.54) is 21.4 Å². The molecule has 4 rings (SSSR count). The van der Waals surface area contributed by atoms with Gasteiger partial charge in [0.2, 0.25) is 0 Å². The maximum Gasteiger partial charge on any atom is 0.119 e. The number of benzene rings is 2. The Bertz CT molecular complexity index is 887. The van der Waals surface area contributed by atoms with Crippen LogP contribution in [0.2, 0.25) is 0 Å². The molecule has 1 aromatic heterocycles. The minimum atomic E-state index is 0.555. The molecule has 0 aliphatic carbocycles. The van der Waals surface area contributed by atoms with Crippen LogP contribution in [0.25, 0.3) is 10.2 Å². The number of fused-ring (bicyclic) bond motifs is 2. The zero-order valence-corrected chi connectivity index (χ0v) is 16.4. The summed E-state index contributed by atoms with van der Waals surface area (Å²) in [6.45, 7) is 8.35. The maximum atomic E-state index is 5.91. The fourth-order valence-corrected chi connectivity index (χ4v) is 4.18. The first-order chi connectivity index (χ1) is 12.7. The Hall–Kier alpha value is -1.91. The normalized spacial score (nSPS) is 15.2. The summed E-state index contributed by atoms with van der Waals surface area (Å²) >= 11 is 1.71. The Morgan fingerprint density at radius 3 is 2.77 bits per heavy atom. The molecule has 136 valence electrons. The van der Waals surface area contributed by atoms with E-state index in [4.69, 9.17) is 4.74 Å². The fraction of sp³-hybridized carbons (Fsp3) is 0.409. The molecule has 0 N–H and O–H groups in total. The average molecular weight is 367 g/mol. The van der Waals surface area contributed by atoms with E-state index in [1.807, 2.05) is 5.51 Å². The van der Waals surface area contributed by atoms with Gasteiger partial charge in [0.05, 0.1) is 22.3 Å². The minimum Gasteiger partial charge on any atom is -0.493 e. The van der Waals surface area contributed by atoms with Crippen LogP contribution in [0.1, 0.15) is 30.5 Å². The SMILES string of the molecule is CC(C)COc1ccc2c(c1)CCN(Cc1ccc3scnc3c1)CC2. The third-order valence-corrected chi connectivity index (χ3v) is 5.77. The number of hydrogen-bond acceptors (Lipinski definition) is 4. The maximum absolute atomic E-state index is 5.91. The molecule has 0 bridgehead atoms. The third-order valence-electron chi connectivity index (χ3n) is 4.96. The highest BCUT2D eigenvalue weighted by molar-refractivity contribution is 7.16. The summed E-state index contributed by atoms with van der Waals surface area (Å²) in [6.07, 6.45) is 2.20. The monoisotopic (exact) mass is 366 g/mol. The highest BCUT2D eigenvalue weighted by Gasteiger charge is 2.15. The molecule has 2 aromatic carbocycles. The molecule has 0 spiro atoms. The molecule has 0 atom stereocenters. The molecule has 3 nitrogen and oxygen atoms in total. The van der Waals surface area contributed by atoms with E-state index < -0.39 is 0 Å². The van der Waals surface area contributed by atoms with Crippen LogP contribution in [0.15, 0.2) is 41.9 Å². The van der Waals surface area contributed by atoms with Crippen LogP contribution >= 0.6 is 11.3 Å². The van der Waals surface area contributed by atoms with E-state index in [1.54, 1.807) is 11.3 Å². The zero-order chi connectivity index (χ0) is 17.9. The Labute approximate surface area is 159 Å². The van der Waals surface area contributed by atoms with Gasteiger partial charge in [0.25, 0.3) is 0 Å². The molecule has 26 heavy (non-hydrogen) atoms. The van der Waals surface area contributed by atoms with Gasteiger partial charge in [0.15, 0.2) is 0 Å². The third kappa shape index (κ3) is 4.08. The van der Waals surface area contributed by atoms with Gasteiger partial charge in [-0.3, -0.25) is 4.90 Å². The molecule has 0 amide bonds. The second-order valence-corrected chi connectivity index (χ2v) is 8.45. The molecule has 1 aliphatic heterocycles. The lowest BCUT2D eigenvalue weighted by molar-refractivity contribution is 0.270. The number of ether oxygens (including phenoxy) is 1. The van der Waals surface area contributed by atoms with Crippen molar-refractivity contribution in [3.8, 4) is 5.75 Å². The van der Waals surface area contributed by atoms with Crippen LogP contribution in [0.4, 0.5) is 0 Å². The summed E-state index contributed by atoms with van der Waals surface area (Å²) in [5.41, 5.74) is 7.33. The van der Waals surface area contributed by atoms with Gasteiger partial charge < -0.3 is 4.74 Å². The van der Waals surface area contributed by atoms with Crippen molar-refractivity contribution in [2.24, 2.45) is 5.92 Å². The molecule has 3 aromatic rings. The molecule has 0 saturated heterocycles. The number of rotatable bonds is 5. The van der Waals surface area contributed by atoms with E-state index in [0.29, 0.717) is 5.92 Å². The molecule has 0 fully saturated rings. The van der Waals surface area contributed by atoms with E-state index in [2.05, 4.69) is 60.1 Å². The highest BCUT2D eigenvalue weighted by Crippen LogP contribution is 2.24. The topological polar surface area (TPSA) is 25.4 Å². The van der Waals surface area contributed by atoms with Crippen molar-refractivity contribution in [3.05, 3.63) is 58.6 Å². The lowest BCUT2D eigenvalue weighted by Gasteiger charge is -2.19. The van der Waals surface area contributed by atoms with Gasteiger partial charge in [-0.25, -0.2) is 4.98 Å². The van der Waals surface area contributed by atoms with Gasteiger partial charge >= 0.3 is 0 Å². The Kier molecular flexibility index (Phi) is 5.23. The number of nitrogens with zero attached hydrogens (tertiary/aromatic N) is 2. The van der Waals surface area contributed by atoms with Gasteiger partial charge in [0, 0.05) is 19.6 Å². The zero-order valence-electron chi connectivity index (χ0n) is 15.6. The van der Waals surface area contributed by atoms with Crippen molar-refractivity contribution >= 4 is 21.6 Å². The van der Waals surface area contributed by atoms with Gasteiger partial charge in [-0.1, -0.05) is 26.0 Å². The standard InChI is InChI=1S/C22H26N2OS/c1-16(2)14-25-20-5-4-18-7-9-24(10-8-19(18)12-20)13-17-3-6-22-21(11-17)23-15-26-22/h3-6,11-12,15-16H,7-10,13-14H2,1-2H3. The molecular formula is C22H26N2OS. The quantitative estimate of drug-likeness (QED) is 0.640. The first kappa shape index (κ1) is 17.5. The van der Waals surface area contributed by atoms with Gasteiger partial charge in [-0.05, 0) is 59.7 Å². The van der Waals surface area contributed by atoms with E-state index in [9.17, 15) is 0 Å². The van der Waals surface area contributed by atoms with Crippen molar-refractivity contribution < 1.29 is 4.74 Å². The van der Waals surface area contributed by atoms with Crippen LogP contribution in [0, 0.1) is 5.92 Å². The van der Waals surface area contributed by atoms with Crippen LogP contribution in [0.3, 0.4) is 0 Å². The van der Waals surface area contributed by atoms with Crippen LogP contribution < -0.4 is 4.74 Å². The highest BCUT2D eigenvalue weighted by atomic mass is 32.1. The van der Waals surface area contributed by atoms with Gasteiger partial charge in [0.1, 0.15) is 5.75 Å².